The molecule has 0 radical (unpaired) electrons. The Bertz CT molecular complexity index is 440. The van der Waals surface area contributed by atoms with Crippen molar-refractivity contribution in [2.24, 2.45) is 29.4 Å². The molecule has 4 fully saturated rings. The van der Waals surface area contributed by atoms with Crippen LogP contribution in [0.3, 0.4) is 0 Å². The van der Waals surface area contributed by atoms with Gasteiger partial charge in [-0.1, -0.05) is 6.07 Å². The molecule has 0 aliphatic heterocycles. The molecule has 4 saturated carbocycles. The molecule has 2 unspecified atom stereocenters. The smallest absolute Gasteiger partial charge is 0.0465 e. The summed E-state index contributed by atoms with van der Waals surface area (Å²) in [6, 6.07) is 6.48. The van der Waals surface area contributed by atoms with Crippen LogP contribution >= 0.6 is 0 Å². The first-order valence-corrected chi connectivity index (χ1v) is 7.92. The summed E-state index contributed by atoms with van der Waals surface area (Å²) in [5.74, 6) is 3.74. The lowest BCUT2D eigenvalue weighted by Gasteiger charge is -2.60. The maximum absolute atomic E-state index is 5.84. The van der Waals surface area contributed by atoms with Gasteiger partial charge in [0.2, 0.25) is 0 Å². The van der Waals surface area contributed by atoms with Crippen LogP contribution in [0.15, 0.2) is 24.4 Å². The van der Waals surface area contributed by atoms with Crippen molar-refractivity contribution in [1.82, 2.24) is 4.98 Å². The van der Waals surface area contributed by atoms with Gasteiger partial charge in [0.15, 0.2) is 0 Å². The summed E-state index contributed by atoms with van der Waals surface area (Å²) in [6.07, 6.45) is 10.3. The first-order valence-electron chi connectivity index (χ1n) is 7.92. The molecule has 4 aliphatic carbocycles. The van der Waals surface area contributed by atoms with Crippen LogP contribution in [0.5, 0.6) is 0 Å². The number of nitrogens with zero attached hydrogens (tertiary/aromatic N) is 1. The highest BCUT2D eigenvalue weighted by molar-refractivity contribution is 5.23. The zero-order valence-corrected chi connectivity index (χ0v) is 11.6. The zero-order valence-electron chi connectivity index (χ0n) is 11.6. The minimum absolute atomic E-state index is 0.420. The van der Waals surface area contributed by atoms with Crippen molar-refractivity contribution in [2.45, 2.75) is 43.9 Å². The van der Waals surface area contributed by atoms with E-state index >= 15 is 0 Å². The quantitative estimate of drug-likeness (QED) is 0.902. The van der Waals surface area contributed by atoms with E-state index in [-0.39, 0.29) is 0 Å². The molecule has 0 spiro atoms. The molecule has 2 N–H and O–H groups in total. The molecule has 2 atom stereocenters. The Hall–Kier alpha value is -0.890. The van der Waals surface area contributed by atoms with Crippen LogP contribution in [0.2, 0.25) is 0 Å². The van der Waals surface area contributed by atoms with Gasteiger partial charge in [-0.25, -0.2) is 0 Å². The van der Waals surface area contributed by atoms with Gasteiger partial charge >= 0.3 is 0 Å². The lowest BCUT2D eigenvalue weighted by molar-refractivity contribution is -0.0596. The van der Waals surface area contributed by atoms with E-state index < -0.39 is 0 Å². The molecule has 102 valence electrons. The number of rotatable bonds is 3. The van der Waals surface area contributed by atoms with Crippen LogP contribution in [0, 0.1) is 23.7 Å². The number of hydrogen-bond acceptors (Lipinski definition) is 2. The molecule has 0 amide bonds. The molecule has 2 nitrogen and oxygen atoms in total. The summed E-state index contributed by atoms with van der Waals surface area (Å²) in [6.45, 7) is 0.874. The monoisotopic (exact) mass is 256 g/mol. The topological polar surface area (TPSA) is 38.9 Å². The van der Waals surface area contributed by atoms with Crippen molar-refractivity contribution in [3.05, 3.63) is 30.1 Å². The Morgan fingerprint density at radius 2 is 1.95 bits per heavy atom. The zero-order chi connectivity index (χ0) is 12.9. The van der Waals surface area contributed by atoms with Crippen molar-refractivity contribution >= 4 is 0 Å². The van der Waals surface area contributed by atoms with E-state index in [0.717, 1.165) is 30.2 Å². The van der Waals surface area contributed by atoms with E-state index in [4.69, 9.17) is 10.7 Å². The predicted molar refractivity (Wildman–Crippen MR) is 76.6 cm³/mol. The van der Waals surface area contributed by atoms with Crippen molar-refractivity contribution in [1.29, 1.82) is 0 Å². The van der Waals surface area contributed by atoms with Gasteiger partial charge in [-0.3, -0.25) is 4.98 Å². The lowest BCUT2D eigenvalue weighted by Crippen LogP contribution is -2.53. The molecular formula is C17H24N2. The Labute approximate surface area is 115 Å². The van der Waals surface area contributed by atoms with Gasteiger partial charge in [0.05, 0.1) is 0 Å². The summed E-state index contributed by atoms with van der Waals surface area (Å²) < 4.78 is 0. The van der Waals surface area contributed by atoms with Crippen LogP contribution in [0.25, 0.3) is 0 Å². The van der Waals surface area contributed by atoms with E-state index in [2.05, 4.69) is 12.1 Å². The van der Waals surface area contributed by atoms with Gasteiger partial charge < -0.3 is 5.73 Å². The second-order valence-electron chi connectivity index (χ2n) is 7.21. The third-order valence-electron chi connectivity index (χ3n) is 6.18. The van der Waals surface area contributed by atoms with Gasteiger partial charge in [0, 0.05) is 17.3 Å². The van der Waals surface area contributed by atoms with Crippen molar-refractivity contribution in [2.75, 3.05) is 6.54 Å². The van der Waals surface area contributed by atoms with Gasteiger partial charge in [-0.2, -0.15) is 0 Å². The molecule has 1 aromatic rings. The van der Waals surface area contributed by atoms with Crippen LogP contribution in [-0.4, -0.2) is 11.5 Å². The standard InChI is InChI=1S/C17H24N2/c18-5-4-15-13-7-12-8-14(15)11-17(9-12,10-13)16-3-1-2-6-19-16/h1-3,6,12-15H,4-5,7-11,18H2. The van der Waals surface area contributed by atoms with E-state index in [1.165, 1.54) is 44.2 Å². The number of pyridine rings is 1. The highest BCUT2D eigenvalue weighted by Gasteiger charge is 2.55. The molecule has 19 heavy (non-hydrogen) atoms. The molecule has 0 saturated heterocycles. The van der Waals surface area contributed by atoms with Crippen molar-refractivity contribution in [3.8, 4) is 0 Å². The molecule has 4 bridgehead atoms. The first-order chi connectivity index (χ1) is 9.31. The number of aromatic nitrogens is 1. The molecule has 2 heteroatoms. The Morgan fingerprint density at radius 3 is 2.58 bits per heavy atom. The highest BCUT2D eigenvalue weighted by Crippen LogP contribution is 2.63. The Morgan fingerprint density at radius 1 is 1.16 bits per heavy atom. The van der Waals surface area contributed by atoms with Crippen molar-refractivity contribution in [3.63, 3.8) is 0 Å². The second kappa shape index (κ2) is 4.31. The maximum atomic E-state index is 5.84. The third-order valence-corrected chi connectivity index (χ3v) is 6.18. The van der Waals surface area contributed by atoms with Gasteiger partial charge in [0.25, 0.3) is 0 Å². The summed E-state index contributed by atoms with van der Waals surface area (Å²) in [7, 11) is 0. The SMILES string of the molecule is NCCC1C2CC3CC1CC(c1ccccn1)(C3)C2. The largest absolute Gasteiger partial charge is 0.330 e. The van der Waals surface area contributed by atoms with Gasteiger partial charge in [0.1, 0.15) is 0 Å². The van der Waals surface area contributed by atoms with Gasteiger partial charge in [-0.05, 0) is 80.9 Å². The summed E-state index contributed by atoms with van der Waals surface area (Å²) in [4.78, 5) is 4.72. The van der Waals surface area contributed by atoms with Crippen LogP contribution in [0.4, 0.5) is 0 Å². The fraction of sp³-hybridized carbons (Fsp3) is 0.706. The molecule has 4 aliphatic rings. The minimum atomic E-state index is 0.420. The van der Waals surface area contributed by atoms with E-state index in [1.807, 2.05) is 12.3 Å². The molecule has 1 aromatic heterocycles. The number of nitrogens with two attached hydrogens (primary N) is 1. The van der Waals surface area contributed by atoms with E-state index in [1.54, 1.807) is 0 Å². The van der Waals surface area contributed by atoms with Gasteiger partial charge in [-0.15, -0.1) is 0 Å². The molecule has 5 rings (SSSR count). The van der Waals surface area contributed by atoms with Crippen LogP contribution in [-0.2, 0) is 5.41 Å². The average Bonchev–Trinajstić information content (AvgIpc) is 2.43. The fourth-order valence-electron chi connectivity index (χ4n) is 5.78. The average molecular weight is 256 g/mol. The van der Waals surface area contributed by atoms with Crippen LogP contribution in [0.1, 0.15) is 44.2 Å². The summed E-state index contributed by atoms with van der Waals surface area (Å²) in [5, 5.41) is 0. The highest BCUT2D eigenvalue weighted by atomic mass is 14.7. The third kappa shape index (κ3) is 1.76. The minimum Gasteiger partial charge on any atom is -0.330 e. The molecule has 0 aromatic carbocycles. The fourth-order valence-corrected chi connectivity index (χ4v) is 5.78. The van der Waals surface area contributed by atoms with Crippen LogP contribution < -0.4 is 5.73 Å². The van der Waals surface area contributed by atoms with E-state index in [0.29, 0.717) is 5.41 Å². The first kappa shape index (κ1) is 11.9. The maximum Gasteiger partial charge on any atom is 0.0465 e. The summed E-state index contributed by atoms with van der Waals surface area (Å²) in [5.41, 5.74) is 7.64. The molecular weight excluding hydrogens is 232 g/mol. The Balaban J connectivity index is 1.67. The predicted octanol–water partition coefficient (Wildman–Crippen LogP) is 3.12. The van der Waals surface area contributed by atoms with Crippen molar-refractivity contribution < 1.29 is 0 Å². The number of hydrogen-bond donors (Lipinski definition) is 1. The second-order valence-corrected chi connectivity index (χ2v) is 7.21. The lowest BCUT2D eigenvalue weighted by atomic mass is 9.45. The summed E-state index contributed by atoms with van der Waals surface area (Å²) >= 11 is 0. The Kier molecular flexibility index (Phi) is 2.70. The molecule has 1 heterocycles. The normalized spacial score (nSPS) is 43.6. The van der Waals surface area contributed by atoms with E-state index in [9.17, 15) is 0 Å².